The minimum atomic E-state index is 0.0365. The molecule has 0 saturated heterocycles. The lowest BCUT2D eigenvalue weighted by atomic mass is 10.1. The Morgan fingerprint density at radius 2 is 1.95 bits per heavy atom. The minimum absolute atomic E-state index is 0.0365. The highest BCUT2D eigenvalue weighted by Gasteiger charge is 2.12. The molecule has 0 heterocycles. The van der Waals surface area contributed by atoms with Gasteiger partial charge in [0.1, 0.15) is 0 Å². The third kappa shape index (κ3) is 8.50. The van der Waals surface area contributed by atoms with Crippen molar-refractivity contribution in [3.05, 3.63) is 48.9 Å². The molecule has 0 amide bonds. The number of amidine groups is 1. The van der Waals surface area contributed by atoms with Gasteiger partial charge >= 0.3 is 0 Å². The zero-order chi connectivity index (χ0) is 17.1. The molecule has 0 radical (unpaired) electrons. The van der Waals surface area contributed by atoms with E-state index in [-0.39, 0.29) is 6.04 Å². The summed E-state index contributed by atoms with van der Waals surface area (Å²) in [7, 11) is 4.09. The Kier molecular flexibility index (Phi) is 10.0. The van der Waals surface area contributed by atoms with E-state index in [0.29, 0.717) is 5.92 Å². The van der Waals surface area contributed by atoms with E-state index in [9.17, 15) is 0 Å². The van der Waals surface area contributed by atoms with Gasteiger partial charge in [-0.05, 0) is 32.3 Å². The zero-order valence-electron chi connectivity index (χ0n) is 15.2. The van der Waals surface area contributed by atoms with Crippen molar-refractivity contribution in [2.45, 2.75) is 46.6 Å². The summed E-state index contributed by atoms with van der Waals surface area (Å²) in [4.78, 5) is 6.98. The van der Waals surface area contributed by atoms with Gasteiger partial charge in [-0.1, -0.05) is 45.2 Å². The average Bonchev–Trinajstić information content (AvgIpc) is 2.43. The predicted molar refractivity (Wildman–Crippen MR) is 100 cm³/mol. The summed E-state index contributed by atoms with van der Waals surface area (Å²) in [6.45, 7) is 16.1. The van der Waals surface area contributed by atoms with Crippen molar-refractivity contribution in [1.82, 2.24) is 10.2 Å². The smallest absolute Gasteiger partial charge is 0.0997 e. The van der Waals surface area contributed by atoms with Crippen LogP contribution in [0, 0.1) is 5.92 Å². The third-order valence-corrected chi connectivity index (χ3v) is 3.17. The highest BCUT2D eigenvalue weighted by atomic mass is 15.1. The second kappa shape index (κ2) is 10.9. The molecule has 0 aliphatic rings. The van der Waals surface area contributed by atoms with Gasteiger partial charge in [0.2, 0.25) is 0 Å². The SMILES string of the molecule is C=C/C=C(/NC(=C)C)C(C)N=C(CC(C)/C=C/CC)N(C)C. The molecule has 0 saturated carbocycles. The second-order valence-corrected chi connectivity index (χ2v) is 5.90. The molecule has 0 aromatic carbocycles. The second-order valence-electron chi connectivity index (χ2n) is 5.90. The number of allylic oxidation sites excluding steroid dienone is 5. The molecule has 1 N–H and O–H groups in total. The summed E-state index contributed by atoms with van der Waals surface area (Å²) in [6.07, 6.45) is 10.2. The van der Waals surface area contributed by atoms with Crippen molar-refractivity contribution in [2.75, 3.05) is 14.1 Å². The molecule has 0 aromatic heterocycles. The molecular formula is C19H33N3. The molecule has 2 atom stereocenters. The van der Waals surface area contributed by atoms with Gasteiger partial charge in [-0.3, -0.25) is 4.99 Å². The van der Waals surface area contributed by atoms with E-state index in [4.69, 9.17) is 4.99 Å². The molecule has 0 aliphatic carbocycles. The molecule has 124 valence electrons. The first-order chi connectivity index (χ1) is 10.3. The van der Waals surface area contributed by atoms with E-state index in [1.807, 2.05) is 27.1 Å². The van der Waals surface area contributed by atoms with Crippen LogP contribution in [0.15, 0.2) is 53.8 Å². The van der Waals surface area contributed by atoms with Gasteiger partial charge in [-0.2, -0.15) is 0 Å². The molecule has 0 aromatic rings. The van der Waals surface area contributed by atoms with Crippen LogP contribution in [-0.2, 0) is 0 Å². The minimum Gasteiger partial charge on any atom is -0.366 e. The molecule has 0 aliphatic heterocycles. The van der Waals surface area contributed by atoms with Crippen molar-refractivity contribution in [2.24, 2.45) is 10.9 Å². The van der Waals surface area contributed by atoms with E-state index in [1.165, 1.54) is 0 Å². The number of nitrogens with zero attached hydrogens (tertiary/aromatic N) is 2. The highest BCUT2D eigenvalue weighted by Crippen LogP contribution is 2.12. The van der Waals surface area contributed by atoms with E-state index in [2.05, 4.69) is 56.3 Å². The standard InChI is InChI=1S/C19H33N3/c1-9-11-13-16(5)14-19(22(7)8)21-17(6)18(12-10-2)20-15(3)4/h10-13,16-17,20H,2-3,9,14H2,1,4-8H3/b13-11+,18-12+,21-19?. The van der Waals surface area contributed by atoms with Crippen molar-refractivity contribution in [3.8, 4) is 0 Å². The Morgan fingerprint density at radius 1 is 1.32 bits per heavy atom. The van der Waals surface area contributed by atoms with Gasteiger partial charge < -0.3 is 10.2 Å². The van der Waals surface area contributed by atoms with Gasteiger partial charge in [-0.25, -0.2) is 0 Å². The fourth-order valence-corrected chi connectivity index (χ4v) is 2.03. The van der Waals surface area contributed by atoms with Crippen LogP contribution in [0.3, 0.4) is 0 Å². The predicted octanol–water partition coefficient (Wildman–Crippen LogP) is 4.52. The number of hydrogen-bond acceptors (Lipinski definition) is 2. The molecule has 3 nitrogen and oxygen atoms in total. The van der Waals surface area contributed by atoms with Gasteiger partial charge in [0.05, 0.1) is 11.9 Å². The Balaban J connectivity index is 5.16. The van der Waals surface area contributed by atoms with E-state index in [0.717, 1.165) is 30.1 Å². The summed E-state index contributed by atoms with van der Waals surface area (Å²) in [5.74, 6) is 1.58. The van der Waals surface area contributed by atoms with Crippen LogP contribution >= 0.6 is 0 Å². The Bertz CT molecular complexity index is 442. The van der Waals surface area contributed by atoms with Crippen LogP contribution in [0.1, 0.15) is 40.5 Å². The molecule has 0 fully saturated rings. The monoisotopic (exact) mass is 303 g/mol. The normalized spacial score (nSPS) is 15.5. The number of nitrogens with one attached hydrogen (secondary N) is 1. The van der Waals surface area contributed by atoms with Crippen LogP contribution in [0.2, 0.25) is 0 Å². The molecule has 0 bridgehead atoms. The van der Waals surface area contributed by atoms with Gasteiger partial charge in [0, 0.05) is 31.9 Å². The third-order valence-electron chi connectivity index (χ3n) is 3.17. The molecule has 22 heavy (non-hydrogen) atoms. The quantitative estimate of drug-likeness (QED) is 0.293. The first-order valence-corrected chi connectivity index (χ1v) is 7.97. The fraction of sp³-hybridized carbons (Fsp3) is 0.526. The van der Waals surface area contributed by atoms with Gasteiger partial charge in [0.25, 0.3) is 0 Å². The number of hydrogen-bond donors (Lipinski definition) is 1. The molecule has 0 rings (SSSR count). The van der Waals surface area contributed by atoms with Crippen molar-refractivity contribution in [1.29, 1.82) is 0 Å². The molecular weight excluding hydrogens is 270 g/mol. The summed E-state index contributed by atoms with van der Waals surface area (Å²) in [5, 5.41) is 3.27. The largest absolute Gasteiger partial charge is 0.366 e. The first-order valence-electron chi connectivity index (χ1n) is 7.97. The molecule has 2 unspecified atom stereocenters. The Labute approximate surface area is 137 Å². The van der Waals surface area contributed by atoms with Crippen LogP contribution in [0.5, 0.6) is 0 Å². The summed E-state index contributed by atoms with van der Waals surface area (Å²) >= 11 is 0. The fourth-order valence-electron chi connectivity index (χ4n) is 2.03. The molecule has 3 heteroatoms. The van der Waals surface area contributed by atoms with Crippen LogP contribution in [-0.4, -0.2) is 30.9 Å². The van der Waals surface area contributed by atoms with Crippen LogP contribution < -0.4 is 5.32 Å². The van der Waals surface area contributed by atoms with Gasteiger partial charge in [0.15, 0.2) is 0 Å². The Hall–Kier alpha value is -1.77. The maximum Gasteiger partial charge on any atom is 0.0997 e. The lowest BCUT2D eigenvalue weighted by Crippen LogP contribution is -2.27. The maximum atomic E-state index is 4.89. The number of aliphatic imine (C=N–C) groups is 1. The van der Waals surface area contributed by atoms with E-state index >= 15 is 0 Å². The summed E-state index contributed by atoms with van der Waals surface area (Å²) in [6, 6.07) is 0.0365. The summed E-state index contributed by atoms with van der Waals surface area (Å²) in [5.41, 5.74) is 1.92. The van der Waals surface area contributed by atoms with Crippen molar-refractivity contribution < 1.29 is 0 Å². The lowest BCUT2D eigenvalue weighted by molar-refractivity contribution is 0.570. The number of rotatable bonds is 9. The van der Waals surface area contributed by atoms with E-state index < -0.39 is 0 Å². The average molecular weight is 303 g/mol. The Morgan fingerprint density at radius 3 is 2.41 bits per heavy atom. The zero-order valence-corrected chi connectivity index (χ0v) is 15.2. The maximum absolute atomic E-state index is 4.89. The molecule has 0 spiro atoms. The van der Waals surface area contributed by atoms with Crippen molar-refractivity contribution >= 4 is 5.84 Å². The highest BCUT2D eigenvalue weighted by molar-refractivity contribution is 5.82. The van der Waals surface area contributed by atoms with E-state index in [1.54, 1.807) is 6.08 Å². The van der Waals surface area contributed by atoms with Crippen molar-refractivity contribution in [3.63, 3.8) is 0 Å². The van der Waals surface area contributed by atoms with Gasteiger partial charge in [-0.15, -0.1) is 0 Å². The lowest BCUT2D eigenvalue weighted by Gasteiger charge is -2.22. The topological polar surface area (TPSA) is 27.6 Å². The summed E-state index contributed by atoms with van der Waals surface area (Å²) < 4.78 is 0. The van der Waals surface area contributed by atoms with Crippen LogP contribution in [0.4, 0.5) is 0 Å². The first kappa shape index (κ1) is 20.2. The van der Waals surface area contributed by atoms with Crippen LogP contribution in [0.25, 0.3) is 0 Å².